The van der Waals surface area contributed by atoms with Gasteiger partial charge >= 0.3 is 0 Å². The van der Waals surface area contributed by atoms with Gasteiger partial charge in [-0.3, -0.25) is 0 Å². The molecule has 0 radical (unpaired) electrons. The summed E-state index contributed by atoms with van der Waals surface area (Å²) in [5.41, 5.74) is 6.07. The molecule has 3 heteroatoms. The topological polar surface area (TPSA) is 15.3 Å². The highest BCUT2D eigenvalue weighted by molar-refractivity contribution is 7.80. The maximum absolute atomic E-state index is 4.49. The Bertz CT molecular complexity index is 352. The van der Waals surface area contributed by atoms with E-state index < -0.39 is 0 Å². The van der Waals surface area contributed by atoms with E-state index in [1.54, 1.807) is 0 Å². The largest absolute Gasteiger partial charge is 0.308 e. The Labute approximate surface area is 103 Å². The van der Waals surface area contributed by atoms with Crippen molar-refractivity contribution in [1.29, 1.82) is 0 Å². The zero-order chi connectivity index (χ0) is 11.4. The second-order valence-corrected chi connectivity index (χ2v) is 4.80. The van der Waals surface area contributed by atoms with Crippen molar-refractivity contribution in [2.75, 3.05) is 11.6 Å². The molecule has 0 atom stereocenters. The van der Waals surface area contributed by atoms with Crippen molar-refractivity contribution in [1.82, 2.24) is 5.43 Å². The van der Waals surface area contributed by atoms with Crippen LogP contribution in [-0.2, 0) is 6.54 Å². The molecule has 16 heavy (non-hydrogen) atoms. The standard InChI is InChI=1S/C13H20N2S/c1-2-3-4-5-9-15-12-7-6-8-13(16)11(12)10-14-15/h6-8,14,16H,2-5,9-10H2,1H3. The molecule has 0 unspecified atom stereocenters. The van der Waals surface area contributed by atoms with Crippen LogP contribution in [0.3, 0.4) is 0 Å². The first-order valence-corrected chi connectivity index (χ1v) is 6.59. The summed E-state index contributed by atoms with van der Waals surface area (Å²) >= 11 is 4.49. The van der Waals surface area contributed by atoms with E-state index in [0.717, 1.165) is 18.0 Å². The molecule has 1 aromatic carbocycles. The van der Waals surface area contributed by atoms with Gasteiger partial charge in [0.25, 0.3) is 0 Å². The van der Waals surface area contributed by atoms with Crippen LogP contribution >= 0.6 is 12.6 Å². The normalized spacial score (nSPS) is 14.2. The highest BCUT2D eigenvalue weighted by Gasteiger charge is 2.19. The molecule has 2 rings (SSSR count). The summed E-state index contributed by atoms with van der Waals surface area (Å²) in [6, 6.07) is 6.31. The molecular weight excluding hydrogens is 216 g/mol. The number of hydrogen-bond acceptors (Lipinski definition) is 3. The van der Waals surface area contributed by atoms with Gasteiger partial charge in [-0.15, -0.1) is 12.6 Å². The lowest BCUT2D eigenvalue weighted by Crippen LogP contribution is -2.32. The Morgan fingerprint density at radius 1 is 1.31 bits per heavy atom. The first-order valence-electron chi connectivity index (χ1n) is 6.15. The van der Waals surface area contributed by atoms with E-state index >= 15 is 0 Å². The number of benzene rings is 1. The molecule has 1 aliphatic rings. The van der Waals surface area contributed by atoms with Gasteiger partial charge in [-0.2, -0.15) is 0 Å². The SMILES string of the molecule is CCCCCCN1NCc2c(S)cccc21. The summed E-state index contributed by atoms with van der Waals surface area (Å²) in [5, 5.41) is 2.27. The van der Waals surface area contributed by atoms with Crippen LogP contribution in [0.25, 0.3) is 0 Å². The van der Waals surface area contributed by atoms with Crippen molar-refractivity contribution < 1.29 is 0 Å². The molecule has 0 spiro atoms. The fraction of sp³-hybridized carbons (Fsp3) is 0.538. The Hall–Kier alpha value is -0.670. The van der Waals surface area contributed by atoms with Crippen LogP contribution in [0.2, 0.25) is 0 Å². The average Bonchev–Trinajstić information content (AvgIpc) is 2.70. The quantitative estimate of drug-likeness (QED) is 0.602. The molecule has 1 heterocycles. The Balaban J connectivity index is 1.93. The van der Waals surface area contributed by atoms with Crippen molar-refractivity contribution >= 4 is 18.3 Å². The van der Waals surface area contributed by atoms with E-state index in [1.165, 1.54) is 36.9 Å². The minimum absolute atomic E-state index is 0.919. The summed E-state index contributed by atoms with van der Waals surface area (Å²) in [7, 11) is 0. The van der Waals surface area contributed by atoms with E-state index in [0.29, 0.717) is 0 Å². The molecule has 1 N–H and O–H groups in total. The lowest BCUT2D eigenvalue weighted by molar-refractivity contribution is 0.601. The number of nitrogens with one attached hydrogen (secondary N) is 1. The monoisotopic (exact) mass is 236 g/mol. The fourth-order valence-corrected chi connectivity index (χ4v) is 2.43. The van der Waals surface area contributed by atoms with Crippen molar-refractivity contribution in [3.8, 4) is 0 Å². The highest BCUT2D eigenvalue weighted by Crippen LogP contribution is 2.30. The summed E-state index contributed by atoms with van der Waals surface area (Å²) in [6.45, 7) is 4.27. The van der Waals surface area contributed by atoms with Gasteiger partial charge in [0.05, 0.1) is 5.69 Å². The van der Waals surface area contributed by atoms with Gasteiger partial charge in [-0.25, -0.2) is 5.43 Å². The molecular formula is C13H20N2S. The maximum Gasteiger partial charge on any atom is 0.0576 e. The van der Waals surface area contributed by atoms with Crippen molar-refractivity contribution in [2.24, 2.45) is 0 Å². The van der Waals surface area contributed by atoms with Crippen molar-refractivity contribution in [3.63, 3.8) is 0 Å². The molecule has 0 bridgehead atoms. The maximum atomic E-state index is 4.49. The minimum atomic E-state index is 0.919. The van der Waals surface area contributed by atoms with E-state index in [-0.39, 0.29) is 0 Å². The van der Waals surface area contributed by atoms with Gasteiger partial charge in [0.1, 0.15) is 0 Å². The van der Waals surface area contributed by atoms with Crippen LogP contribution in [0.4, 0.5) is 5.69 Å². The molecule has 2 nitrogen and oxygen atoms in total. The average molecular weight is 236 g/mol. The fourth-order valence-electron chi connectivity index (χ4n) is 2.15. The third-order valence-corrected chi connectivity index (χ3v) is 3.52. The number of thiol groups is 1. The van der Waals surface area contributed by atoms with Crippen LogP contribution in [0.15, 0.2) is 23.1 Å². The predicted octanol–water partition coefficient (Wildman–Crippen LogP) is 3.38. The van der Waals surface area contributed by atoms with Crippen molar-refractivity contribution in [3.05, 3.63) is 23.8 Å². The minimum Gasteiger partial charge on any atom is -0.308 e. The van der Waals surface area contributed by atoms with Crippen LogP contribution in [0.1, 0.15) is 38.2 Å². The van der Waals surface area contributed by atoms with Crippen LogP contribution in [-0.4, -0.2) is 6.54 Å². The lowest BCUT2D eigenvalue weighted by atomic mass is 10.1. The third kappa shape index (κ3) is 2.53. The number of rotatable bonds is 5. The van der Waals surface area contributed by atoms with Gasteiger partial charge in [0.2, 0.25) is 0 Å². The zero-order valence-corrected chi connectivity index (χ0v) is 10.8. The summed E-state index contributed by atoms with van der Waals surface area (Å²) in [5.74, 6) is 0. The molecule has 1 aliphatic heterocycles. The van der Waals surface area contributed by atoms with Gasteiger partial charge < -0.3 is 5.01 Å². The first kappa shape index (κ1) is 11.8. The molecule has 1 aromatic rings. The number of nitrogens with zero attached hydrogens (tertiary/aromatic N) is 1. The van der Waals surface area contributed by atoms with Crippen molar-refractivity contribution in [2.45, 2.75) is 44.0 Å². The molecule has 88 valence electrons. The van der Waals surface area contributed by atoms with Crippen LogP contribution < -0.4 is 10.4 Å². The second-order valence-electron chi connectivity index (χ2n) is 4.32. The number of hydrogen-bond donors (Lipinski definition) is 2. The first-order chi connectivity index (χ1) is 7.83. The molecule has 0 aromatic heterocycles. The van der Waals surface area contributed by atoms with Gasteiger partial charge in [0.15, 0.2) is 0 Å². The third-order valence-electron chi connectivity index (χ3n) is 3.10. The summed E-state index contributed by atoms with van der Waals surface area (Å²) in [6.07, 6.45) is 5.22. The summed E-state index contributed by atoms with van der Waals surface area (Å²) < 4.78 is 0. The van der Waals surface area contributed by atoms with Gasteiger partial charge in [-0.1, -0.05) is 32.3 Å². The number of anilines is 1. The molecule has 0 aliphatic carbocycles. The van der Waals surface area contributed by atoms with E-state index in [9.17, 15) is 0 Å². The van der Waals surface area contributed by atoms with Gasteiger partial charge in [-0.05, 0) is 18.6 Å². The van der Waals surface area contributed by atoms with E-state index in [2.05, 4.69) is 48.2 Å². The smallest absolute Gasteiger partial charge is 0.0576 e. The van der Waals surface area contributed by atoms with Crippen LogP contribution in [0.5, 0.6) is 0 Å². The summed E-state index contributed by atoms with van der Waals surface area (Å²) in [4.78, 5) is 1.10. The lowest BCUT2D eigenvalue weighted by Gasteiger charge is -2.19. The molecule has 0 saturated heterocycles. The molecule has 0 fully saturated rings. The Morgan fingerprint density at radius 2 is 2.19 bits per heavy atom. The number of unbranched alkanes of at least 4 members (excludes halogenated alkanes) is 3. The van der Waals surface area contributed by atoms with Crippen LogP contribution in [0, 0.1) is 0 Å². The zero-order valence-electron chi connectivity index (χ0n) is 9.87. The van der Waals surface area contributed by atoms with E-state index in [1.807, 2.05) is 0 Å². The molecule has 0 saturated carbocycles. The number of hydrazine groups is 1. The Morgan fingerprint density at radius 3 is 3.00 bits per heavy atom. The Kier molecular flexibility index (Phi) is 4.13. The second kappa shape index (κ2) is 5.60. The molecule has 0 amide bonds. The predicted molar refractivity (Wildman–Crippen MR) is 72.0 cm³/mol. The van der Waals surface area contributed by atoms with E-state index in [4.69, 9.17) is 0 Å². The van der Waals surface area contributed by atoms with Gasteiger partial charge in [0, 0.05) is 23.5 Å². The number of fused-ring (bicyclic) bond motifs is 1. The highest BCUT2D eigenvalue weighted by atomic mass is 32.1.